The Morgan fingerprint density at radius 2 is 1.69 bits per heavy atom. The van der Waals surface area contributed by atoms with Crippen molar-refractivity contribution in [3.63, 3.8) is 0 Å². The van der Waals surface area contributed by atoms with E-state index in [0.29, 0.717) is 24.5 Å². The highest BCUT2D eigenvalue weighted by Gasteiger charge is 2.12. The van der Waals surface area contributed by atoms with E-state index in [4.69, 9.17) is 9.26 Å². The third-order valence-electron chi connectivity index (χ3n) is 4.80. The summed E-state index contributed by atoms with van der Waals surface area (Å²) in [5, 5.41) is 6.92. The molecule has 32 heavy (non-hydrogen) atoms. The highest BCUT2D eigenvalue weighted by molar-refractivity contribution is 7.98. The maximum Gasteiger partial charge on any atom is 0.252 e. The van der Waals surface area contributed by atoms with Gasteiger partial charge in [-0.3, -0.25) is 4.79 Å². The van der Waals surface area contributed by atoms with Gasteiger partial charge in [0, 0.05) is 17.5 Å². The van der Waals surface area contributed by atoms with Crippen LogP contribution in [0.15, 0.2) is 94.3 Å². The van der Waals surface area contributed by atoms with Gasteiger partial charge in [-0.15, -0.1) is 11.8 Å². The zero-order chi connectivity index (χ0) is 22.2. The van der Waals surface area contributed by atoms with Gasteiger partial charge in [-0.25, -0.2) is 0 Å². The van der Waals surface area contributed by atoms with E-state index in [1.165, 1.54) is 0 Å². The molecular weight excluding hydrogens is 420 g/mol. The van der Waals surface area contributed by atoms with E-state index in [2.05, 4.69) is 10.5 Å². The van der Waals surface area contributed by atoms with Gasteiger partial charge in [0.2, 0.25) is 0 Å². The molecule has 1 N–H and O–H groups in total. The second-order valence-electron chi connectivity index (χ2n) is 7.32. The molecule has 0 aliphatic rings. The van der Waals surface area contributed by atoms with Crippen LogP contribution in [0.3, 0.4) is 0 Å². The number of nitrogens with zero attached hydrogens (tertiary/aromatic N) is 1. The molecule has 1 heterocycles. The fourth-order valence-electron chi connectivity index (χ4n) is 3.13. The van der Waals surface area contributed by atoms with Crippen LogP contribution in [0.5, 0.6) is 5.75 Å². The van der Waals surface area contributed by atoms with Gasteiger partial charge in [0.05, 0.1) is 17.0 Å². The van der Waals surface area contributed by atoms with Crippen LogP contribution in [0.1, 0.15) is 32.9 Å². The number of carbonyl (C=O) groups is 1. The topological polar surface area (TPSA) is 64.4 Å². The van der Waals surface area contributed by atoms with E-state index < -0.39 is 0 Å². The Bertz CT molecular complexity index is 1160. The van der Waals surface area contributed by atoms with Crippen molar-refractivity contribution in [3.8, 4) is 5.75 Å². The summed E-state index contributed by atoms with van der Waals surface area (Å²) in [5.41, 5.74) is 3.61. The minimum atomic E-state index is -0.0988. The lowest BCUT2D eigenvalue weighted by Crippen LogP contribution is -2.23. The molecule has 4 aromatic rings. The molecule has 6 heteroatoms. The van der Waals surface area contributed by atoms with Crippen LogP contribution in [0.25, 0.3) is 0 Å². The van der Waals surface area contributed by atoms with Gasteiger partial charge in [0.1, 0.15) is 18.1 Å². The van der Waals surface area contributed by atoms with Gasteiger partial charge in [0.25, 0.3) is 5.91 Å². The molecule has 0 aliphatic heterocycles. The minimum absolute atomic E-state index is 0.0988. The number of aryl methyl sites for hydroxylation is 1. The predicted molar refractivity (Wildman–Crippen MR) is 126 cm³/mol. The molecule has 0 saturated carbocycles. The van der Waals surface area contributed by atoms with Crippen molar-refractivity contribution in [1.29, 1.82) is 0 Å². The van der Waals surface area contributed by atoms with Crippen LogP contribution in [0, 0.1) is 6.92 Å². The standard InChI is InChI=1S/C26H24N2O3S/c1-19-15-23(31-28-19)18-32-25-10-6-5-9-24(25)26(29)27-16-20-11-13-21(14-12-20)17-30-22-7-3-2-4-8-22/h2-15H,16-18H2,1H3,(H,27,29). The van der Waals surface area contributed by atoms with Crippen molar-refractivity contribution in [1.82, 2.24) is 10.5 Å². The summed E-state index contributed by atoms with van der Waals surface area (Å²) in [6.45, 7) is 2.85. The van der Waals surface area contributed by atoms with Gasteiger partial charge in [-0.1, -0.05) is 59.8 Å². The molecule has 0 atom stereocenters. The smallest absolute Gasteiger partial charge is 0.252 e. The molecule has 0 saturated heterocycles. The van der Waals surface area contributed by atoms with Crippen LogP contribution in [0.2, 0.25) is 0 Å². The van der Waals surface area contributed by atoms with Gasteiger partial charge in [0.15, 0.2) is 0 Å². The number of aromatic nitrogens is 1. The van der Waals surface area contributed by atoms with Crippen molar-refractivity contribution >= 4 is 17.7 Å². The van der Waals surface area contributed by atoms with Crippen molar-refractivity contribution < 1.29 is 14.1 Å². The van der Waals surface area contributed by atoms with E-state index in [1.807, 2.05) is 91.9 Å². The Kier molecular flexibility index (Phi) is 7.25. The molecule has 0 unspecified atom stereocenters. The fourth-order valence-corrected chi connectivity index (χ4v) is 4.05. The normalized spacial score (nSPS) is 10.7. The lowest BCUT2D eigenvalue weighted by molar-refractivity contribution is 0.0948. The first-order chi connectivity index (χ1) is 15.7. The summed E-state index contributed by atoms with van der Waals surface area (Å²) in [6, 6.07) is 27.3. The third-order valence-corrected chi connectivity index (χ3v) is 5.90. The van der Waals surface area contributed by atoms with Crippen LogP contribution < -0.4 is 10.1 Å². The van der Waals surface area contributed by atoms with Gasteiger partial charge in [-0.2, -0.15) is 0 Å². The monoisotopic (exact) mass is 444 g/mol. The number of thioether (sulfide) groups is 1. The summed E-state index contributed by atoms with van der Waals surface area (Å²) < 4.78 is 11.0. The quantitative estimate of drug-likeness (QED) is 0.331. The summed E-state index contributed by atoms with van der Waals surface area (Å²) in [4.78, 5) is 13.7. The zero-order valence-corrected chi connectivity index (χ0v) is 18.6. The van der Waals surface area contributed by atoms with Gasteiger partial charge >= 0.3 is 0 Å². The van der Waals surface area contributed by atoms with Crippen LogP contribution in [-0.4, -0.2) is 11.1 Å². The average molecular weight is 445 g/mol. The molecule has 1 aromatic heterocycles. The average Bonchev–Trinajstić information content (AvgIpc) is 3.26. The lowest BCUT2D eigenvalue weighted by Gasteiger charge is -2.10. The Balaban J connectivity index is 1.30. The van der Waals surface area contributed by atoms with E-state index in [1.54, 1.807) is 11.8 Å². The number of nitrogens with one attached hydrogen (secondary N) is 1. The zero-order valence-electron chi connectivity index (χ0n) is 17.8. The highest BCUT2D eigenvalue weighted by Crippen LogP contribution is 2.26. The number of ether oxygens (including phenoxy) is 1. The molecule has 0 bridgehead atoms. The summed E-state index contributed by atoms with van der Waals surface area (Å²) in [5.74, 6) is 2.16. The van der Waals surface area contributed by atoms with E-state index >= 15 is 0 Å². The van der Waals surface area contributed by atoms with Crippen molar-refractivity contribution in [2.45, 2.75) is 30.7 Å². The number of para-hydroxylation sites is 1. The van der Waals surface area contributed by atoms with Gasteiger partial charge < -0.3 is 14.6 Å². The van der Waals surface area contributed by atoms with E-state index in [9.17, 15) is 4.79 Å². The Hall–Kier alpha value is -3.51. The first-order valence-electron chi connectivity index (χ1n) is 10.4. The molecule has 0 aliphatic carbocycles. The number of amides is 1. The molecule has 4 rings (SSSR count). The molecule has 162 valence electrons. The molecular formula is C26H24N2O3S. The van der Waals surface area contributed by atoms with Crippen molar-refractivity contribution in [2.24, 2.45) is 0 Å². The van der Waals surface area contributed by atoms with E-state index in [-0.39, 0.29) is 5.91 Å². The fraction of sp³-hybridized carbons (Fsp3) is 0.154. The van der Waals surface area contributed by atoms with Crippen LogP contribution in [-0.2, 0) is 18.9 Å². The largest absolute Gasteiger partial charge is 0.489 e. The molecule has 0 radical (unpaired) electrons. The Morgan fingerprint density at radius 3 is 2.44 bits per heavy atom. The SMILES string of the molecule is Cc1cc(CSc2ccccc2C(=O)NCc2ccc(COc3ccccc3)cc2)on1. The van der Waals surface area contributed by atoms with Gasteiger partial charge in [-0.05, 0) is 42.3 Å². The molecule has 1 amide bonds. The number of carbonyl (C=O) groups excluding carboxylic acids is 1. The number of hydrogen-bond acceptors (Lipinski definition) is 5. The molecule has 0 fully saturated rings. The Morgan fingerprint density at radius 1 is 0.969 bits per heavy atom. The number of rotatable bonds is 9. The first kappa shape index (κ1) is 21.7. The molecule has 0 spiro atoms. The van der Waals surface area contributed by atoms with Crippen LogP contribution in [0.4, 0.5) is 0 Å². The van der Waals surface area contributed by atoms with E-state index in [0.717, 1.165) is 33.2 Å². The maximum absolute atomic E-state index is 12.8. The van der Waals surface area contributed by atoms with Crippen LogP contribution >= 0.6 is 11.8 Å². The summed E-state index contributed by atoms with van der Waals surface area (Å²) in [7, 11) is 0. The second-order valence-corrected chi connectivity index (χ2v) is 8.34. The maximum atomic E-state index is 12.8. The highest BCUT2D eigenvalue weighted by atomic mass is 32.2. The number of benzene rings is 3. The molecule has 5 nitrogen and oxygen atoms in total. The van der Waals surface area contributed by atoms with Crippen molar-refractivity contribution in [3.05, 3.63) is 113 Å². The molecule has 3 aromatic carbocycles. The summed E-state index contributed by atoms with van der Waals surface area (Å²) >= 11 is 1.56. The number of hydrogen-bond donors (Lipinski definition) is 1. The van der Waals surface area contributed by atoms with Crippen molar-refractivity contribution in [2.75, 3.05) is 0 Å². The second kappa shape index (κ2) is 10.7. The summed E-state index contributed by atoms with van der Waals surface area (Å²) in [6.07, 6.45) is 0. The predicted octanol–water partition coefficient (Wildman–Crippen LogP) is 5.78. The third kappa shape index (κ3) is 6.02. The first-order valence-corrected chi connectivity index (χ1v) is 11.3. The Labute approximate surface area is 191 Å². The minimum Gasteiger partial charge on any atom is -0.489 e. The lowest BCUT2D eigenvalue weighted by atomic mass is 10.1.